The van der Waals surface area contributed by atoms with E-state index in [1.165, 1.54) is 24.2 Å². The van der Waals surface area contributed by atoms with Gasteiger partial charge in [0.15, 0.2) is 0 Å². The molecule has 0 aliphatic heterocycles. The number of rotatable bonds is 3. The maximum atomic E-state index is 12.4. The lowest BCUT2D eigenvalue weighted by Crippen LogP contribution is -2.38. The number of thiophene rings is 1. The third-order valence-corrected chi connectivity index (χ3v) is 5.99. The van der Waals surface area contributed by atoms with E-state index >= 15 is 0 Å². The summed E-state index contributed by atoms with van der Waals surface area (Å²) in [6.07, 6.45) is 6.79. The Balaban J connectivity index is 2.00. The van der Waals surface area contributed by atoms with E-state index in [1.54, 1.807) is 0 Å². The number of carbonyl (C=O) groups is 1. The van der Waals surface area contributed by atoms with E-state index < -0.39 is 0 Å². The summed E-state index contributed by atoms with van der Waals surface area (Å²) in [6.45, 7) is 2.33. The smallest absolute Gasteiger partial charge is 0.261 e. The van der Waals surface area contributed by atoms with Crippen molar-refractivity contribution in [1.82, 2.24) is 5.32 Å². The zero-order valence-corrected chi connectivity index (χ0v) is 14.2. The Morgan fingerprint density at radius 3 is 3.10 bits per heavy atom. The molecule has 0 bridgehead atoms. The summed E-state index contributed by atoms with van der Waals surface area (Å²) in [4.78, 5) is 14.1. The SMILES string of the molecule is CSC1CCCC(NC(=O)c2cc(C)c(C#CCN)s2)C1. The van der Waals surface area contributed by atoms with Gasteiger partial charge >= 0.3 is 0 Å². The Morgan fingerprint density at radius 2 is 2.38 bits per heavy atom. The van der Waals surface area contributed by atoms with Crippen LogP contribution >= 0.6 is 23.1 Å². The molecular formula is C16H22N2OS2. The second kappa shape index (κ2) is 7.88. The molecule has 1 aliphatic carbocycles. The van der Waals surface area contributed by atoms with Crippen LogP contribution in [0.2, 0.25) is 0 Å². The number of hydrogen-bond donors (Lipinski definition) is 2. The minimum atomic E-state index is 0.0376. The van der Waals surface area contributed by atoms with Crippen molar-refractivity contribution >= 4 is 29.0 Å². The molecule has 3 N–H and O–H groups in total. The lowest BCUT2D eigenvalue weighted by molar-refractivity contribution is 0.0932. The Labute approximate surface area is 135 Å². The monoisotopic (exact) mass is 322 g/mol. The standard InChI is InChI=1S/C16H22N2OS2/c1-11-9-15(21-14(11)7-4-8-17)16(19)18-12-5-3-6-13(10-12)20-2/h9,12-13H,3,5-6,8,10,17H2,1-2H3,(H,18,19). The number of nitrogens with two attached hydrogens (primary N) is 1. The molecule has 1 saturated carbocycles. The molecule has 0 aromatic carbocycles. The molecular weight excluding hydrogens is 300 g/mol. The Hall–Kier alpha value is -0.960. The summed E-state index contributed by atoms with van der Waals surface area (Å²) >= 11 is 3.37. The van der Waals surface area contributed by atoms with E-state index in [1.807, 2.05) is 24.8 Å². The Kier molecular flexibility index (Phi) is 6.16. The van der Waals surface area contributed by atoms with E-state index in [0.717, 1.165) is 28.2 Å². The number of carbonyl (C=O) groups excluding carboxylic acids is 1. The molecule has 2 atom stereocenters. The lowest BCUT2D eigenvalue weighted by Gasteiger charge is -2.28. The number of hydrogen-bond acceptors (Lipinski definition) is 4. The van der Waals surface area contributed by atoms with E-state index in [4.69, 9.17) is 5.73 Å². The van der Waals surface area contributed by atoms with E-state index in [0.29, 0.717) is 17.8 Å². The van der Waals surface area contributed by atoms with Gasteiger partial charge in [-0.3, -0.25) is 4.79 Å². The molecule has 0 saturated heterocycles. The number of amides is 1. The Bertz CT molecular complexity index is 556. The molecule has 2 unspecified atom stereocenters. The lowest BCUT2D eigenvalue weighted by atomic mass is 9.95. The molecule has 114 valence electrons. The molecule has 3 nitrogen and oxygen atoms in total. The Morgan fingerprint density at radius 1 is 1.57 bits per heavy atom. The van der Waals surface area contributed by atoms with Crippen LogP contribution in [0.3, 0.4) is 0 Å². The summed E-state index contributed by atoms with van der Waals surface area (Å²) in [5.74, 6) is 5.91. The fourth-order valence-electron chi connectivity index (χ4n) is 2.60. The van der Waals surface area contributed by atoms with Crippen LogP contribution in [0, 0.1) is 18.8 Å². The molecule has 1 fully saturated rings. The van der Waals surface area contributed by atoms with Gasteiger partial charge in [-0.2, -0.15) is 11.8 Å². The predicted molar refractivity (Wildman–Crippen MR) is 92.0 cm³/mol. The fraction of sp³-hybridized carbons (Fsp3) is 0.562. The van der Waals surface area contributed by atoms with Crippen molar-refractivity contribution in [2.45, 2.75) is 43.9 Å². The van der Waals surface area contributed by atoms with Crippen molar-refractivity contribution in [3.63, 3.8) is 0 Å². The van der Waals surface area contributed by atoms with Crippen molar-refractivity contribution in [3.8, 4) is 11.8 Å². The highest BCUT2D eigenvalue weighted by atomic mass is 32.2. The van der Waals surface area contributed by atoms with Crippen molar-refractivity contribution < 1.29 is 4.79 Å². The van der Waals surface area contributed by atoms with Crippen molar-refractivity contribution in [1.29, 1.82) is 0 Å². The molecule has 2 rings (SSSR count). The first kappa shape index (κ1) is 16.4. The van der Waals surface area contributed by atoms with Crippen molar-refractivity contribution in [3.05, 3.63) is 21.4 Å². The van der Waals surface area contributed by atoms with E-state index in [9.17, 15) is 4.79 Å². The number of aryl methyl sites for hydroxylation is 1. The quantitative estimate of drug-likeness (QED) is 0.841. The van der Waals surface area contributed by atoms with Gasteiger partial charge in [-0.05, 0) is 44.1 Å². The van der Waals surface area contributed by atoms with E-state index in [-0.39, 0.29) is 5.91 Å². The summed E-state index contributed by atoms with van der Waals surface area (Å²) in [6, 6.07) is 2.24. The molecule has 0 spiro atoms. The maximum Gasteiger partial charge on any atom is 0.261 e. The summed E-state index contributed by atoms with van der Waals surface area (Å²) < 4.78 is 0. The van der Waals surface area contributed by atoms with Gasteiger partial charge in [0, 0.05) is 11.3 Å². The second-order valence-electron chi connectivity index (χ2n) is 5.32. The van der Waals surface area contributed by atoms with Crippen LogP contribution in [-0.4, -0.2) is 30.0 Å². The summed E-state index contributed by atoms with van der Waals surface area (Å²) in [5, 5.41) is 3.86. The van der Waals surface area contributed by atoms with Crippen LogP contribution in [0.1, 0.15) is 45.8 Å². The highest BCUT2D eigenvalue weighted by molar-refractivity contribution is 7.99. The molecule has 1 aromatic heterocycles. The third-order valence-electron chi connectivity index (χ3n) is 3.74. The van der Waals surface area contributed by atoms with Crippen molar-refractivity contribution in [2.24, 2.45) is 5.73 Å². The highest BCUT2D eigenvalue weighted by Gasteiger charge is 2.23. The number of thioether (sulfide) groups is 1. The predicted octanol–water partition coefficient (Wildman–Crippen LogP) is 2.77. The zero-order chi connectivity index (χ0) is 15.2. The van der Waals surface area contributed by atoms with Crippen LogP contribution in [0.5, 0.6) is 0 Å². The minimum Gasteiger partial charge on any atom is -0.349 e. The molecule has 0 radical (unpaired) electrons. The van der Waals surface area contributed by atoms with Gasteiger partial charge in [0.2, 0.25) is 0 Å². The van der Waals surface area contributed by atoms with Gasteiger partial charge in [-0.1, -0.05) is 18.3 Å². The normalized spacial score (nSPS) is 21.5. The van der Waals surface area contributed by atoms with Gasteiger partial charge in [-0.15, -0.1) is 11.3 Å². The van der Waals surface area contributed by atoms with E-state index in [2.05, 4.69) is 23.4 Å². The summed E-state index contributed by atoms with van der Waals surface area (Å²) in [7, 11) is 0. The van der Waals surface area contributed by atoms with Crippen LogP contribution in [0.4, 0.5) is 0 Å². The van der Waals surface area contributed by atoms with Crippen molar-refractivity contribution in [2.75, 3.05) is 12.8 Å². The van der Waals surface area contributed by atoms with Gasteiger partial charge < -0.3 is 11.1 Å². The first-order valence-corrected chi connectivity index (χ1v) is 9.37. The number of nitrogens with one attached hydrogen (secondary N) is 1. The maximum absolute atomic E-state index is 12.4. The highest BCUT2D eigenvalue weighted by Crippen LogP contribution is 2.27. The summed E-state index contributed by atoms with van der Waals surface area (Å²) in [5.41, 5.74) is 6.45. The molecule has 1 aromatic rings. The minimum absolute atomic E-state index is 0.0376. The average Bonchev–Trinajstić information content (AvgIpc) is 2.86. The first-order chi connectivity index (χ1) is 10.1. The van der Waals surface area contributed by atoms with Gasteiger partial charge in [0.25, 0.3) is 5.91 Å². The van der Waals surface area contributed by atoms with Crippen LogP contribution in [0.25, 0.3) is 0 Å². The molecule has 21 heavy (non-hydrogen) atoms. The van der Waals surface area contributed by atoms with Crippen LogP contribution < -0.4 is 11.1 Å². The molecule has 1 aliphatic rings. The van der Waals surface area contributed by atoms with Gasteiger partial charge in [0.05, 0.1) is 16.3 Å². The first-order valence-electron chi connectivity index (χ1n) is 7.27. The topological polar surface area (TPSA) is 55.1 Å². The zero-order valence-electron chi connectivity index (χ0n) is 12.6. The van der Waals surface area contributed by atoms with Gasteiger partial charge in [0.1, 0.15) is 0 Å². The van der Waals surface area contributed by atoms with Crippen LogP contribution in [-0.2, 0) is 0 Å². The average molecular weight is 322 g/mol. The molecule has 1 amide bonds. The largest absolute Gasteiger partial charge is 0.349 e. The fourth-order valence-corrected chi connectivity index (χ4v) is 4.37. The molecule has 5 heteroatoms. The second-order valence-corrected chi connectivity index (χ2v) is 7.51. The third kappa shape index (κ3) is 4.50. The van der Waals surface area contributed by atoms with Gasteiger partial charge in [-0.25, -0.2) is 0 Å². The molecule has 1 heterocycles. The van der Waals surface area contributed by atoms with Crippen LogP contribution in [0.15, 0.2) is 6.07 Å².